The average molecular weight is 239 g/mol. The van der Waals surface area contributed by atoms with Gasteiger partial charge < -0.3 is 10.4 Å². The average Bonchev–Trinajstić information content (AvgIpc) is 2.58. The van der Waals surface area contributed by atoms with Crippen molar-refractivity contribution in [1.82, 2.24) is 15.1 Å². The van der Waals surface area contributed by atoms with Crippen molar-refractivity contribution in [1.29, 1.82) is 0 Å². The predicted octanol–water partition coefficient (Wildman–Crippen LogP) is 0.873. The third-order valence-electron chi connectivity index (χ3n) is 2.67. The van der Waals surface area contributed by atoms with Crippen LogP contribution in [-0.2, 0) is 13.5 Å². The molecule has 1 heterocycles. The van der Waals surface area contributed by atoms with Gasteiger partial charge in [0, 0.05) is 25.4 Å². The highest BCUT2D eigenvalue weighted by molar-refractivity contribution is 5.95. The number of amides is 1. The number of aromatic nitrogens is 2. The summed E-state index contributed by atoms with van der Waals surface area (Å²) in [7, 11) is 1.80. The van der Waals surface area contributed by atoms with Crippen LogP contribution in [-0.4, -0.2) is 32.9 Å². The molecule has 0 aliphatic carbocycles. The molecule has 0 unspecified atom stereocenters. The Hall–Kier alpha value is -1.36. The van der Waals surface area contributed by atoms with E-state index in [1.54, 1.807) is 17.9 Å². The maximum absolute atomic E-state index is 12.1. The number of carbonyl (C=O) groups excluding carboxylic acids is 1. The van der Waals surface area contributed by atoms with Crippen molar-refractivity contribution in [2.75, 3.05) is 6.61 Å². The molecular formula is C12H21N3O2. The molecule has 0 aliphatic rings. The number of hydrogen-bond donors (Lipinski definition) is 2. The first-order valence-electron chi connectivity index (χ1n) is 5.85. The second-order valence-corrected chi connectivity index (χ2v) is 4.83. The Morgan fingerprint density at radius 2 is 2.24 bits per heavy atom. The normalized spacial score (nSPS) is 11.6. The Balaban J connectivity index is 2.82. The number of aryl methyl sites for hydroxylation is 2. The number of aliphatic hydroxyl groups is 1. The van der Waals surface area contributed by atoms with Crippen molar-refractivity contribution in [3.05, 3.63) is 17.5 Å². The molecule has 0 saturated heterocycles. The van der Waals surface area contributed by atoms with Gasteiger partial charge >= 0.3 is 0 Å². The summed E-state index contributed by atoms with van der Waals surface area (Å²) in [5.74, 6) is -0.131. The van der Waals surface area contributed by atoms with Crippen LogP contribution in [0.15, 0.2) is 6.20 Å². The summed E-state index contributed by atoms with van der Waals surface area (Å²) < 4.78 is 1.65. The van der Waals surface area contributed by atoms with Gasteiger partial charge in [0.05, 0.1) is 11.3 Å². The standard InChI is InChI=1S/C12H21N3O2/c1-5-10-9(8-15(4)14-10)11(17)13-12(2,3)6-7-16/h8,16H,5-7H2,1-4H3,(H,13,17). The fourth-order valence-corrected chi connectivity index (χ4v) is 1.70. The van der Waals surface area contributed by atoms with Crippen molar-refractivity contribution < 1.29 is 9.90 Å². The third-order valence-corrected chi connectivity index (χ3v) is 2.67. The van der Waals surface area contributed by atoms with Gasteiger partial charge in [-0.15, -0.1) is 0 Å². The van der Waals surface area contributed by atoms with E-state index in [2.05, 4.69) is 10.4 Å². The van der Waals surface area contributed by atoms with Crippen LogP contribution >= 0.6 is 0 Å². The zero-order chi connectivity index (χ0) is 13.1. The van der Waals surface area contributed by atoms with Gasteiger partial charge in [-0.3, -0.25) is 9.48 Å². The van der Waals surface area contributed by atoms with Gasteiger partial charge in [-0.2, -0.15) is 5.10 Å². The number of rotatable bonds is 5. The third kappa shape index (κ3) is 3.56. The second-order valence-electron chi connectivity index (χ2n) is 4.83. The maximum Gasteiger partial charge on any atom is 0.255 e. The zero-order valence-electron chi connectivity index (χ0n) is 10.9. The number of nitrogens with one attached hydrogen (secondary N) is 1. The molecule has 1 aromatic heterocycles. The van der Waals surface area contributed by atoms with E-state index in [0.29, 0.717) is 12.0 Å². The number of carbonyl (C=O) groups is 1. The van der Waals surface area contributed by atoms with Gasteiger partial charge in [-0.25, -0.2) is 0 Å². The Morgan fingerprint density at radius 1 is 1.59 bits per heavy atom. The summed E-state index contributed by atoms with van der Waals surface area (Å²) in [5, 5.41) is 16.1. The first-order valence-corrected chi connectivity index (χ1v) is 5.85. The SMILES string of the molecule is CCc1nn(C)cc1C(=O)NC(C)(C)CCO. The molecule has 0 aliphatic heterocycles. The van der Waals surface area contributed by atoms with Crippen LogP contribution in [0.4, 0.5) is 0 Å². The number of nitrogens with zero attached hydrogens (tertiary/aromatic N) is 2. The van der Waals surface area contributed by atoms with E-state index < -0.39 is 5.54 Å². The molecule has 0 aromatic carbocycles. The minimum Gasteiger partial charge on any atom is -0.396 e. The van der Waals surface area contributed by atoms with E-state index in [1.807, 2.05) is 20.8 Å². The Labute approximate surface area is 102 Å². The molecule has 0 fully saturated rings. The topological polar surface area (TPSA) is 67.2 Å². The van der Waals surface area contributed by atoms with E-state index in [1.165, 1.54) is 0 Å². The Kier molecular flexibility index (Phi) is 4.28. The molecule has 0 atom stereocenters. The van der Waals surface area contributed by atoms with Crippen LogP contribution < -0.4 is 5.32 Å². The summed E-state index contributed by atoms with van der Waals surface area (Å²) in [6.45, 7) is 5.81. The van der Waals surface area contributed by atoms with Crippen LogP contribution in [0.5, 0.6) is 0 Å². The summed E-state index contributed by atoms with van der Waals surface area (Å²) in [6, 6.07) is 0. The summed E-state index contributed by atoms with van der Waals surface area (Å²) in [4.78, 5) is 12.1. The van der Waals surface area contributed by atoms with Gasteiger partial charge in [0.25, 0.3) is 5.91 Å². The molecule has 1 amide bonds. The summed E-state index contributed by atoms with van der Waals surface area (Å²) in [5.41, 5.74) is 0.998. The van der Waals surface area contributed by atoms with Crippen molar-refractivity contribution in [2.45, 2.75) is 39.2 Å². The molecule has 5 nitrogen and oxygen atoms in total. The van der Waals surface area contributed by atoms with Gasteiger partial charge in [0.15, 0.2) is 0 Å². The first-order chi connectivity index (χ1) is 7.89. The van der Waals surface area contributed by atoms with Crippen LogP contribution in [0.3, 0.4) is 0 Å². The first kappa shape index (κ1) is 13.7. The number of aliphatic hydroxyl groups excluding tert-OH is 1. The zero-order valence-corrected chi connectivity index (χ0v) is 10.9. The lowest BCUT2D eigenvalue weighted by Gasteiger charge is -2.25. The lowest BCUT2D eigenvalue weighted by Crippen LogP contribution is -2.44. The van der Waals surface area contributed by atoms with Crippen molar-refractivity contribution >= 4 is 5.91 Å². The molecule has 0 bridgehead atoms. The monoisotopic (exact) mass is 239 g/mol. The van der Waals surface area contributed by atoms with Crippen molar-refractivity contribution in [3.8, 4) is 0 Å². The van der Waals surface area contributed by atoms with Crippen molar-refractivity contribution in [2.24, 2.45) is 7.05 Å². The van der Waals surface area contributed by atoms with Gasteiger partial charge in [0.1, 0.15) is 0 Å². The van der Waals surface area contributed by atoms with E-state index >= 15 is 0 Å². The van der Waals surface area contributed by atoms with E-state index in [0.717, 1.165) is 12.1 Å². The van der Waals surface area contributed by atoms with Gasteiger partial charge in [0.2, 0.25) is 0 Å². The summed E-state index contributed by atoms with van der Waals surface area (Å²) >= 11 is 0. The van der Waals surface area contributed by atoms with Crippen LogP contribution in [0, 0.1) is 0 Å². The lowest BCUT2D eigenvalue weighted by molar-refractivity contribution is 0.0898. The minimum atomic E-state index is -0.410. The molecule has 0 radical (unpaired) electrons. The van der Waals surface area contributed by atoms with Crippen LogP contribution in [0.1, 0.15) is 43.2 Å². The molecule has 1 rings (SSSR count). The van der Waals surface area contributed by atoms with Crippen LogP contribution in [0.25, 0.3) is 0 Å². The largest absolute Gasteiger partial charge is 0.396 e. The van der Waals surface area contributed by atoms with E-state index in [-0.39, 0.29) is 12.5 Å². The second kappa shape index (κ2) is 5.31. The fourth-order valence-electron chi connectivity index (χ4n) is 1.70. The molecule has 1 aromatic rings. The molecule has 2 N–H and O–H groups in total. The predicted molar refractivity (Wildman–Crippen MR) is 65.8 cm³/mol. The van der Waals surface area contributed by atoms with E-state index in [9.17, 15) is 4.79 Å². The van der Waals surface area contributed by atoms with Crippen molar-refractivity contribution in [3.63, 3.8) is 0 Å². The Morgan fingerprint density at radius 3 is 2.76 bits per heavy atom. The molecule has 96 valence electrons. The smallest absolute Gasteiger partial charge is 0.255 e. The molecular weight excluding hydrogens is 218 g/mol. The fraction of sp³-hybridized carbons (Fsp3) is 0.667. The molecule has 5 heteroatoms. The highest BCUT2D eigenvalue weighted by Crippen LogP contribution is 2.12. The minimum absolute atomic E-state index is 0.0565. The van der Waals surface area contributed by atoms with E-state index in [4.69, 9.17) is 5.11 Å². The number of hydrogen-bond acceptors (Lipinski definition) is 3. The highest BCUT2D eigenvalue weighted by atomic mass is 16.3. The molecule has 17 heavy (non-hydrogen) atoms. The molecule has 0 spiro atoms. The maximum atomic E-state index is 12.1. The van der Waals surface area contributed by atoms with Gasteiger partial charge in [-0.05, 0) is 26.7 Å². The summed E-state index contributed by atoms with van der Waals surface area (Å²) in [6.07, 6.45) is 2.98. The highest BCUT2D eigenvalue weighted by Gasteiger charge is 2.23. The quantitative estimate of drug-likeness (QED) is 0.801. The van der Waals surface area contributed by atoms with Gasteiger partial charge in [-0.1, -0.05) is 6.92 Å². The Bertz CT molecular complexity index is 396. The molecule has 0 saturated carbocycles. The van der Waals surface area contributed by atoms with Crippen LogP contribution in [0.2, 0.25) is 0 Å². The lowest BCUT2D eigenvalue weighted by atomic mass is 10.0.